The van der Waals surface area contributed by atoms with Crippen molar-refractivity contribution in [3.63, 3.8) is 0 Å². The van der Waals surface area contributed by atoms with Crippen molar-refractivity contribution in [1.29, 1.82) is 0 Å². The van der Waals surface area contributed by atoms with Gasteiger partial charge in [0.2, 0.25) is 0 Å². The number of carbonyl (C=O) groups excluding carboxylic acids is 1. The van der Waals surface area contributed by atoms with Crippen LogP contribution in [0.4, 0.5) is 0 Å². The van der Waals surface area contributed by atoms with Crippen LogP contribution in [0.25, 0.3) is 0 Å². The van der Waals surface area contributed by atoms with Crippen LogP contribution in [0.3, 0.4) is 0 Å². The van der Waals surface area contributed by atoms with E-state index in [4.69, 9.17) is 0 Å². The maximum absolute atomic E-state index is 11.1. The number of ether oxygens (including phenoxy) is 1. The molecule has 0 bridgehead atoms. The maximum atomic E-state index is 11.1. The predicted octanol–water partition coefficient (Wildman–Crippen LogP) is 2.59. The Balaban J connectivity index is 4.41. The number of hydrogen-bond donors (Lipinski definition) is 0. The first-order valence-corrected chi connectivity index (χ1v) is 3.72. The maximum Gasteiger partial charge on any atom is 0.338 e. The fraction of sp³-hybridized carbons (Fsp3) is 0.300. The second-order valence-corrected chi connectivity index (χ2v) is 2.47. The highest BCUT2D eigenvalue weighted by atomic mass is 16.5. The molecule has 0 N–H and O–H groups in total. The van der Waals surface area contributed by atoms with E-state index in [-0.39, 0.29) is 5.97 Å². The average molecular weight is 166 g/mol. The van der Waals surface area contributed by atoms with Crippen LogP contribution >= 0.6 is 0 Å². The first-order chi connectivity index (χ1) is 5.63. The second kappa shape index (κ2) is 5.35. The van der Waals surface area contributed by atoms with Crippen LogP contribution in [-0.4, -0.2) is 5.97 Å². The van der Waals surface area contributed by atoms with E-state index in [1.165, 1.54) is 0 Å². The molecule has 0 aromatic rings. The SMILES string of the molecule is C=CCC(C)=C(C)C(=O)OC=C. The highest BCUT2D eigenvalue weighted by Crippen LogP contribution is 2.09. The largest absolute Gasteiger partial charge is 0.432 e. The van der Waals surface area contributed by atoms with Crippen LogP contribution in [-0.2, 0) is 9.53 Å². The molecular weight excluding hydrogens is 152 g/mol. The molecule has 0 aliphatic carbocycles. The summed E-state index contributed by atoms with van der Waals surface area (Å²) in [5, 5.41) is 0. The Morgan fingerprint density at radius 2 is 2.00 bits per heavy atom. The number of allylic oxidation sites excluding steroid dienone is 2. The van der Waals surface area contributed by atoms with Crippen LogP contribution < -0.4 is 0 Å². The number of rotatable bonds is 4. The van der Waals surface area contributed by atoms with Crippen molar-refractivity contribution >= 4 is 5.97 Å². The van der Waals surface area contributed by atoms with E-state index in [9.17, 15) is 4.79 Å². The molecule has 0 heterocycles. The summed E-state index contributed by atoms with van der Waals surface area (Å²) in [5.74, 6) is -0.343. The van der Waals surface area contributed by atoms with E-state index in [1.54, 1.807) is 13.0 Å². The molecule has 0 amide bonds. The lowest BCUT2D eigenvalue weighted by Crippen LogP contribution is -2.02. The highest BCUT2D eigenvalue weighted by Gasteiger charge is 2.06. The van der Waals surface area contributed by atoms with Crippen molar-refractivity contribution < 1.29 is 9.53 Å². The average Bonchev–Trinajstić information content (AvgIpc) is 2.04. The van der Waals surface area contributed by atoms with E-state index in [1.807, 2.05) is 6.92 Å². The van der Waals surface area contributed by atoms with Gasteiger partial charge in [-0.1, -0.05) is 18.2 Å². The lowest BCUT2D eigenvalue weighted by Gasteiger charge is -2.02. The van der Waals surface area contributed by atoms with Crippen molar-refractivity contribution in [2.75, 3.05) is 0 Å². The molecule has 0 saturated heterocycles. The van der Waals surface area contributed by atoms with Gasteiger partial charge in [-0.05, 0) is 20.3 Å². The summed E-state index contributed by atoms with van der Waals surface area (Å²) < 4.78 is 4.60. The molecule has 0 unspecified atom stereocenters. The standard InChI is InChI=1S/C10H14O2/c1-5-7-8(3)9(4)10(11)12-6-2/h5-6H,1-2,7H2,3-4H3. The minimum Gasteiger partial charge on any atom is -0.432 e. The molecule has 0 aliphatic heterocycles. The lowest BCUT2D eigenvalue weighted by molar-refractivity contribution is -0.133. The van der Waals surface area contributed by atoms with Gasteiger partial charge in [-0.25, -0.2) is 4.79 Å². The molecule has 0 atom stereocenters. The van der Waals surface area contributed by atoms with Crippen molar-refractivity contribution in [2.24, 2.45) is 0 Å². The van der Waals surface area contributed by atoms with E-state index in [2.05, 4.69) is 17.9 Å². The summed E-state index contributed by atoms with van der Waals surface area (Å²) in [5.41, 5.74) is 1.59. The Bertz CT molecular complexity index is 224. The molecule has 0 rings (SSSR count). The predicted molar refractivity (Wildman–Crippen MR) is 49.5 cm³/mol. The van der Waals surface area contributed by atoms with Crippen molar-refractivity contribution in [3.05, 3.63) is 36.6 Å². The Morgan fingerprint density at radius 1 is 1.42 bits per heavy atom. The van der Waals surface area contributed by atoms with Crippen LogP contribution in [0.15, 0.2) is 36.6 Å². The quantitative estimate of drug-likeness (QED) is 0.278. The zero-order valence-corrected chi connectivity index (χ0v) is 7.59. The van der Waals surface area contributed by atoms with Gasteiger partial charge in [0.1, 0.15) is 0 Å². The first-order valence-electron chi connectivity index (χ1n) is 3.72. The molecular formula is C10H14O2. The third-order valence-electron chi connectivity index (χ3n) is 1.59. The van der Waals surface area contributed by atoms with Crippen molar-refractivity contribution in [1.82, 2.24) is 0 Å². The molecule has 0 radical (unpaired) electrons. The molecule has 0 aliphatic rings. The number of carbonyl (C=O) groups is 1. The molecule has 0 spiro atoms. The summed E-state index contributed by atoms with van der Waals surface area (Å²) in [6.45, 7) is 10.5. The Kier molecular flexibility index (Phi) is 4.77. The van der Waals surface area contributed by atoms with Gasteiger partial charge in [0, 0.05) is 5.57 Å². The van der Waals surface area contributed by atoms with Gasteiger partial charge in [0.05, 0.1) is 6.26 Å². The number of esters is 1. The summed E-state index contributed by atoms with van der Waals surface area (Å²) >= 11 is 0. The minimum absolute atomic E-state index is 0.343. The Labute approximate surface area is 73.2 Å². The van der Waals surface area contributed by atoms with E-state index in [0.717, 1.165) is 11.8 Å². The van der Waals surface area contributed by atoms with Crippen molar-refractivity contribution in [3.8, 4) is 0 Å². The highest BCUT2D eigenvalue weighted by molar-refractivity contribution is 5.88. The Morgan fingerprint density at radius 3 is 2.42 bits per heavy atom. The Hall–Kier alpha value is -1.31. The fourth-order valence-electron chi connectivity index (χ4n) is 0.708. The lowest BCUT2D eigenvalue weighted by atomic mass is 10.1. The van der Waals surface area contributed by atoms with Gasteiger partial charge < -0.3 is 4.74 Å². The third kappa shape index (κ3) is 3.19. The zero-order chi connectivity index (χ0) is 9.56. The summed E-state index contributed by atoms with van der Waals surface area (Å²) in [6.07, 6.45) is 3.59. The molecule has 2 nitrogen and oxygen atoms in total. The molecule has 12 heavy (non-hydrogen) atoms. The molecule has 66 valence electrons. The molecule has 0 aromatic carbocycles. The summed E-state index contributed by atoms with van der Waals surface area (Å²) in [6, 6.07) is 0. The first kappa shape index (κ1) is 10.7. The van der Waals surface area contributed by atoms with Gasteiger partial charge in [-0.3, -0.25) is 0 Å². The van der Waals surface area contributed by atoms with Gasteiger partial charge in [-0.15, -0.1) is 6.58 Å². The monoisotopic (exact) mass is 166 g/mol. The second-order valence-electron chi connectivity index (χ2n) is 2.47. The smallest absolute Gasteiger partial charge is 0.338 e. The fourth-order valence-corrected chi connectivity index (χ4v) is 0.708. The van der Waals surface area contributed by atoms with Crippen LogP contribution in [0.1, 0.15) is 20.3 Å². The van der Waals surface area contributed by atoms with Crippen LogP contribution in [0.5, 0.6) is 0 Å². The van der Waals surface area contributed by atoms with E-state index in [0.29, 0.717) is 12.0 Å². The molecule has 0 aromatic heterocycles. The molecule has 0 fully saturated rings. The van der Waals surface area contributed by atoms with E-state index < -0.39 is 0 Å². The topological polar surface area (TPSA) is 26.3 Å². The van der Waals surface area contributed by atoms with Crippen LogP contribution in [0, 0.1) is 0 Å². The third-order valence-corrected chi connectivity index (χ3v) is 1.59. The minimum atomic E-state index is -0.343. The summed E-state index contributed by atoms with van der Waals surface area (Å²) in [4.78, 5) is 11.1. The normalized spacial score (nSPS) is 11.5. The van der Waals surface area contributed by atoms with Gasteiger partial charge >= 0.3 is 5.97 Å². The number of hydrogen-bond acceptors (Lipinski definition) is 2. The van der Waals surface area contributed by atoms with Gasteiger partial charge in [-0.2, -0.15) is 0 Å². The van der Waals surface area contributed by atoms with E-state index >= 15 is 0 Å². The van der Waals surface area contributed by atoms with Gasteiger partial charge in [0.15, 0.2) is 0 Å². The zero-order valence-electron chi connectivity index (χ0n) is 7.59. The molecule has 0 saturated carbocycles. The van der Waals surface area contributed by atoms with Crippen molar-refractivity contribution in [2.45, 2.75) is 20.3 Å². The van der Waals surface area contributed by atoms with Gasteiger partial charge in [0.25, 0.3) is 0 Å². The van der Waals surface area contributed by atoms with Crippen LogP contribution in [0.2, 0.25) is 0 Å². The molecule has 2 heteroatoms. The summed E-state index contributed by atoms with van der Waals surface area (Å²) in [7, 11) is 0.